The van der Waals surface area contributed by atoms with Crippen molar-refractivity contribution in [2.45, 2.75) is 12.7 Å². The van der Waals surface area contributed by atoms with Crippen LogP contribution >= 0.6 is 23.2 Å². The van der Waals surface area contributed by atoms with E-state index in [4.69, 9.17) is 27.7 Å². The molecule has 1 aromatic heterocycles. The highest BCUT2D eigenvalue weighted by atomic mass is 35.5. The van der Waals surface area contributed by atoms with Gasteiger partial charge in [-0.05, 0) is 42.5 Å². The summed E-state index contributed by atoms with van der Waals surface area (Å²) in [6, 6.07) is 9.34. The summed E-state index contributed by atoms with van der Waals surface area (Å²) in [5.41, 5.74) is 0.148. The summed E-state index contributed by atoms with van der Waals surface area (Å²) in [7, 11) is 0. The highest BCUT2D eigenvalue weighted by Crippen LogP contribution is 2.30. The van der Waals surface area contributed by atoms with Gasteiger partial charge in [0.25, 0.3) is 11.8 Å². The number of nitrogens with zero attached hydrogens (tertiary/aromatic N) is 4. The molecule has 0 radical (unpaired) electrons. The SMILES string of the molecule is O=C(c1ccc(Cl)c(Cl)c1)N1CCN(Cc2noc(-c3ccc(C(F)(F)F)cc3)n2)CC1. The molecule has 3 aromatic rings. The van der Waals surface area contributed by atoms with Crippen LogP contribution in [0.15, 0.2) is 47.0 Å². The van der Waals surface area contributed by atoms with Gasteiger partial charge in [-0.15, -0.1) is 0 Å². The first-order valence-corrected chi connectivity index (χ1v) is 10.4. The predicted octanol–water partition coefficient (Wildman–Crippen LogP) is 5.02. The van der Waals surface area contributed by atoms with E-state index < -0.39 is 11.7 Å². The Labute approximate surface area is 191 Å². The van der Waals surface area contributed by atoms with Gasteiger partial charge < -0.3 is 9.42 Å². The van der Waals surface area contributed by atoms with E-state index in [1.807, 2.05) is 0 Å². The summed E-state index contributed by atoms with van der Waals surface area (Å²) >= 11 is 11.9. The maximum absolute atomic E-state index is 12.7. The normalized spacial score (nSPS) is 15.2. The van der Waals surface area contributed by atoms with Crippen LogP contribution in [0.1, 0.15) is 21.7 Å². The Morgan fingerprint density at radius 3 is 2.31 bits per heavy atom. The molecule has 1 saturated heterocycles. The van der Waals surface area contributed by atoms with Crippen LogP contribution in [0.2, 0.25) is 10.0 Å². The van der Waals surface area contributed by atoms with Crippen LogP contribution in [-0.4, -0.2) is 52.0 Å². The van der Waals surface area contributed by atoms with Crippen molar-refractivity contribution in [2.24, 2.45) is 0 Å². The largest absolute Gasteiger partial charge is 0.416 e. The van der Waals surface area contributed by atoms with Crippen molar-refractivity contribution >= 4 is 29.1 Å². The maximum Gasteiger partial charge on any atom is 0.416 e. The quantitative estimate of drug-likeness (QED) is 0.520. The number of carbonyl (C=O) groups is 1. The molecule has 0 spiro atoms. The average Bonchev–Trinajstić information content (AvgIpc) is 3.24. The molecule has 4 rings (SSSR count). The first-order valence-electron chi connectivity index (χ1n) is 9.67. The van der Waals surface area contributed by atoms with Gasteiger partial charge >= 0.3 is 6.18 Å². The predicted molar refractivity (Wildman–Crippen MR) is 112 cm³/mol. The summed E-state index contributed by atoms with van der Waals surface area (Å²) < 4.78 is 43.3. The van der Waals surface area contributed by atoms with Gasteiger partial charge in [0.2, 0.25) is 0 Å². The minimum Gasteiger partial charge on any atom is -0.336 e. The fraction of sp³-hybridized carbons (Fsp3) is 0.286. The van der Waals surface area contributed by atoms with E-state index in [2.05, 4.69) is 15.0 Å². The number of hydrogen-bond donors (Lipinski definition) is 0. The number of carbonyl (C=O) groups excluding carboxylic acids is 1. The fourth-order valence-electron chi connectivity index (χ4n) is 3.36. The molecule has 32 heavy (non-hydrogen) atoms. The smallest absolute Gasteiger partial charge is 0.336 e. The van der Waals surface area contributed by atoms with Gasteiger partial charge in [0.1, 0.15) is 0 Å². The van der Waals surface area contributed by atoms with Crippen LogP contribution in [0.4, 0.5) is 13.2 Å². The number of aromatic nitrogens is 2. The van der Waals surface area contributed by atoms with Gasteiger partial charge in [-0.25, -0.2) is 0 Å². The lowest BCUT2D eigenvalue weighted by atomic mass is 10.1. The molecule has 1 aliphatic heterocycles. The van der Waals surface area contributed by atoms with Crippen LogP contribution in [0.3, 0.4) is 0 Å². The monoisotopic (exact) mass is 484 g/mol. The number of hydrogen-bond acceptors (Lipinski definition) is 5. The molecule has 0 atom stereocenters. The van der Waals surface area contributed by atoms with Crippen molar-refractivity contribution in [3.8, 4) is 11.5 Å². The molecular weight excluding hydrogens is 468 g/mol. The molecule has 0 unspecified atom stereocenters. The molecule has 0 bridgehead atoms. The first-order chi connectivity index (χ1) is 15.2. The summed E-state index contributed by atoms with van der Waals surface area (Å²) in [5, 5.41) is 4.64. The van der Waals surface area contributed by atoms with E-state index in [0.717, 1.165) is 12.1 Å². The van der Waals surface area contributed by atoms with Gasteiger partial charge in [0.15, 0.2) is 5.82 Å². The third kappa shape index (κ3) is 5.06. The van der Waals surface area contributed by atoms with Gasteiger partial charge in [-0.3, -0.25) is 9.69 Å². The summed E-state index contributed by atoms with van der Waals surface area (Å²) in [6.07, 6.45) is -4.40. The Hall–Kier alpha value is -2.62. The molecule has 1 fully saturated rings. The van der Waals surface area contributed by atoms with Crippen LogP contribution in [0, 0.1) is 0 Å². The minimum atomic E-state index is -4.40. The number of benzene rings is 2. The van der Waals surface area contributed by atoms with Gasteiger partial charge in [-0.2, -0.15) is 18.2 Å². The molecule has 1 amide bonds. The lowest BCUT2D eigenvalue weighted by molar-refractivity contribution is -0.137. The van der Waals surface area contributed by atoms with Crippen LogP contribution < -0.4 is 0 Å². The zero-order chi connectivity index (χ0) is 22.9. The molecule has 168 valence electrons. The molecule has 2 aromatic carbocycles. The molecule has 0 saturated carbocycles. The second kappa shape index (κ2) is 9.09. The third-order valence-electron chi connectivity index (χ3n) is 5.12. The topological polar surface area (TPSA) is 62.5 Å². The van der Waals surface area contributed by atoms with E-state index in [0.29, 0.717) is 59.7 Å². The van der Waals surface area contributed by atoms with Gasteiger partial charge in [0.05, 0.1) is 22.2 Å². The number of piperazine rings is 1. The van der Waals surface area contributed by atoms with Crippen LogP contribution in [-0.2, 0) is 12.7 Å². The Morgan fingerprint density at radius 2 is 1.69 bits per heavy atom. The molecule has 1 aliphatic rings. The third-order valence-corrected chi connectivity index (χ3v) is 5.86. The number of alkyl halides is 3. The van der Waals surface area contributed by atoms with E-state index in [9.17, 15) is 18.0 Å². The van der Waals surface area contributed by atoms with Crippen molar-refractivity contribution in [1.82, 2.24) is 19.9 Å². The van der Waals surface area contributed by atoms with Gasteiger partial charge in [0, 0.05) is 37.3 Å². The van der Waals surface area contributed by atoms with E-state index in [1.165, 1.54) is 12.1 Å². The summed E-state index contributed by atoms with van der Waals surface area (Å²) in [5.74, 6) is 0.457. The van der Waals surface area contributed by atoms with Crippen molar-refractivity contribution in [1.29, 1.82) is 0 Å². The standard InChI is InChI=1S/C21H17Cl2F3N4O2/c22-16-6-3-14(11-17(16)23)20(31)30-9-7-29(8-10-30)12-18-27-19(32-28-18)13-1-4-15(5-2-13)21(24,25)26/h1-6,11H,7-10,12H2. The molecule has 2 heterocycles. The molecular formula is C21H17Cl2F3N4O2. The Bertz CT molecular complexity index is 1110. The summed E-state index contributed by atoms with van der Waals surface area (Å²) in [4.78, 5) is 20.8. The Morgan fingerprint density at radius 1 is 1.00 bits per heavy atom. The zero-order valence-electron chi connectivity index (χ0n) is 16.6. The highest BCUT2D eigenvalue weighted by Gasteiger charge is 2.30. The molecule has 6 nitrogen and oxygen atoms in total. The van der Waals surface area contributed by atoms with E-state index in [1.54, 1.807) is 23.1 Å². The molecule has 0 N–H and O–H groups in total. The van der Waals surface area contributed by atoms with Crippen molar-refractivity contribution < 1.29 is 22.5 Å². The van der Waals surface area contributed by atoms with Crippen LogP contribution in [0.25, 0.3) is 11.5 Å². The lowest BCUT2D eigenvalue weighted by Crippen LogP contribution is -2.48. The second-order valence-corrected chi connectivity index (χ2v) is 8.10. The molecule has 0 aliphatic carbocycles. The zero-order valence-corrected chi connectivity index (χ0v) is 18.1. The maximum atomic E-state index is 12.7. The number of rotatable bonds is 4. The van der Waals surface area contributed by atoms with Crippen molar-refractivity contribution in [2.75, 3.05) is 26.2 Å². The minimum absolute atomic E-state index is 0.118. The Kier molecular flexibility index (Phi) is 6.41. The second-order valence-electron chi connectivity index (χ2n) is 7.29. The van der Waals surface area contributed by atoms with Gasteiger partial charge in [-0.1, -0.05) is 28.4 Å². The Balaban J connectivity index is 1.33. The summed E-state index contributed by atoms with van der Waals surface area (Å²) in [6.45, 7) is 2.65. The van der Waals surface area contributed by atoms with E-state index in [-0.39, 0.29) is 11.8 Å². The van der Waals surface area contributed by atoms with Crippen molar-refractivity contribution in [3.05, 3.63) is 69.5 Å². The first kappa shape index (κ1) is 22.6. The number of halogens is 5. The van der Waals surface area contributed by atoms with E-state index >= 15 is 0 Å². The molecule has 11 heteroatoms. The fourth-order valence-corrected chi connectivity index (χ4v) is 3.66. The van der Waals surface area contributed by atoms with Crippen molar-refractivity contribution in [3.63, 3.8) is 0 Å². The lowest BCUT2D eigenvalue weighted by Gasteiger charge is -2.34. The average molecular weight is 485 g/mol. The van der Waals surface area contributed by atoms with Crippen LogP contribution in [0.5, 0.6) is 0 Å². The number of amides is 1. The highest BCUT2D eigenvalue weighted by molar-refractivity contribution is 6.42.